The van der Waals surface area contributed by atoms with Crippen molar-refractivity contribution >= 4 is 13.8 Å². The normalized spacial score (nSPS) is 15.9. The van der Waals surface area contributed by atoms with Crippen LogP contribution in [0.25, 0.3) is 5.57 Å². The van der Waals surface area contributed by atoms with Gasteiger partial charge >= 0.3 is 0 Å². The fourth-order valence-corrected chi connectivity index (χ4v) is 2.69. The number of aryl methyl sites for hydroxylation is 1. The summed E-state index contributed by atoms with van der Waals surface area (Å²) in [7, 11) is 1.39. The highest BCUT2D eigenvalue weighted by Crippen LogP contribution is 2.33. The molecule has 0 unspecified atom stereocenters. The second kappa shape index (κ2) is 3.33. The van der Waals surface area contributed by atoms with Crippen LogP contribution < -0.4 is 0 Å². The predicted molar refractivity (Wildman–Crippen MR) is 55.7 cm³/mol. The molecule has 0 aromatic carbocycles. The Hall–Kier alpha value is -0.740. The molecule has 0 atom stereocenters. The third-order valence-electron chi connectivity index (χ3n) is 2.24. The van der Waals surface area contributed by atoms with Gasteiger partial charge in [-0.1, -0.05) is 42.4 Å². The first-order valence-corrected chi connectivity index (χ1v) is 5.35. The van der Waals surface area contributed by atoms with Crippen LogP contribution in [0, 0.1) is 0 Å². The van der Waals surface area contributed by atoms with E-state index in [1.54, 1.807) is 5.30 Å². The van der Waals surface area contributed by atoms with Crippen LogP contribution >= 0.6 is 8.19 Å². The molecule has 0 fully saturated rings. The van der Waals surface area contributed by atoms with Gasteiger partial charge in [0.25, 0.3) is 0 Å². The molecule has 12 heavy (non-hydrogen) atoms. The molecule has 1 aliphatic carbocycles. The lowest BCUT2D eigenvalue weighted by Gasteiger charge is -2.11. The lowest BCUT2D eigenvalue weighted by atomic mass is 10.1. The van der Waals surface area contributed by atoms with Gasteiger partial charge in [-0.3, -0.25) is 0 Å². The van der Waals surface area contributed by atoms with Crippen LogP contribution in [0.5, 0.6) is 0 Å². The summed E-state index contributed by atoms with van der Waals surface area (Å²) >= 11 is 0. The maximum Gasteiger partial charge on any atom is -0.0114 e. The molecule has 0 nitrogen and oxygen atoms in total. The van der Waals surface area contributed by atoms with E-state index in [9.17, 15) is 0 Å². The molecule has 1 heterocycles. The predicted octanol–water partition coefficient (Wildman–Crippen LogP) is 3.89. The van der Waals surface area contributed by atoms with Crippen molar-refractivity contribution in [2.75, 3.05) is 0 Å². The van der Waals surface area contributed by atoms with Crippen LogP contribution in [-0.2, 0) is 6.42 Å². The molecule has 1 heteroatoms. The summed E-state index contributed by atoms with van der Waals surface area (Å²) in [4.78, 5) is 0. The molecular weight excluding hydrogens is 163 g/mol. The number of hydrogen-bond donors (Lipinski definition) is 0. The second-order valence-corrected chi connectivity index (χ2v) is 4.00. The smallest absolute Gasteiger partial charge is 0.0114 e. The van der Waals surface area contributed by atoms with Gasteiger partial charge < -0.3 is 8.19 Å². The minimum atomic E-state index is 1.13. The van der Waals surface area contributed by atoms with Crippen molar-refractivity contribution in [3.8, 4) is 0 Å². The lowest BCUT2D eigenvalue weighted by Crippen LogP contribution is -1.82. The Bertz CT molecular complexity index is 329. The van der Waals surface area contributed by atoms with E-state index in [4.69, 9.17) is 0 Å². The van der Waals surface area contributed by atoms with Crippen LogP contribution in [0.1, 0.15) is 24.2 Å². The van der Waals surface area contributed by atoms with Crippen molar-refractivity contribution in [3.63, 3.8) is 0 Å². The molecule has 1 aromatic rings. The largest absolute Gasteiger partial charge is 0.523 e. The zero-order chi connectivity index (χ0) is 8.39. The third kappa shape index (κ3) is 1.28. The highest BCUT2D eigenvalue weighted by Gasteiger charge is 1.99. The van der Waals surface area contributed by atoms with Gasteiger partial charge in [-0.2, -0.15) is 5.30 Å². The monoisotopic (exact) mass is 175 g/mol. The minimum absolute atomic E-state index is 1.13. The molecule has 0 saturated carbocycles. The summed E-state index contributed by atoms with van der Waals surface area (Å²) in [6.07, 6.45) is 8.92. The lowest BCUT2D eigenvalue weighted by molar-refractivity contribution is 1.14. The Labute approximate surface area is 75.1 Å². The summed E-state index contributed by atoms with van der Waals surface area (Å²) in [5.74, 6) is 2.24. The van der Waals surface area contributed by atoms with Crippen LogP contribution in [0.3, 0.4) is 0 Å². The molecule has 0 amide bonds. The van der Waals surface area contributed by atoms with Gasteiger partial charge in [0, 0.05) is 0 Å². The molecule has 0 radical (unpaired) electrons. The van der Waals surface area contributed by atoms with Gasteiger partial charge in [0.15, 0.2) is 0 Å². The molecule has 0 N–H and O–H groups in total. The summed E-state index contributed by atoms with van der Waals surface area (Å²) in [5.41, 5.74) is 3.03. The molecule has 2 rings (SSSR count). The first-order valence-electron chi connectivity index (χ1n) is 4.38. The quantitative estimate of drug-likeness (QED) is 0.639. The SMILES string of the molecule is CCc1cc[p-]c1C1=CC=CC1. The van der Waals surface area contributed by atoms with E-state index in [1.807, 2.05) is 0 Å². The van der Waals surface area contributed by atoms with E-state index < -0.39 is 0 Å². The van der Waals surface area contributed by atoms with E-state index in [1.165, 1.54) is 19.3 Å². The van der Waals surface area contributed by atoms with Gasteiger partial charge in [0.05, 0.1) is 0 Å². The number of allylic oxidation sites excluding steroid dienone is 4. The highest BCUT2D eigenvalue weighted by atomic mass is 31.0. The molecule has 1 aromatic heterocycles. The van der Waals surface area contributed by atoms with E-state index >= 15 is 0 Å². The van der Waals surface area contributed by atoms with Crippen LogP contribution in [0.15, 0.2) is 30.1 Å². The van der Waals surface area contributed by atoms with E-state index in [2.05, 4.69) is 37.0 Å². The molecule has 1 aliphatic rings. The number of hydrogen-bond acceptors (Lipinski definition) is 0. The second-order valence-electron chi connectivity index (χ2n) is 3.00. The Morgan fingerprint density at radius 1 is 1.50 bits per heavy atom. The first kappa shape index (κ1) is 7.89. The minimum Gasteiger partial charge on any atom is -0.523 e. The van der Waals surface area contributed by atoms with Crippen molar-refractivity contribution < 1.29 is 0 Å². The Kier molecular flexibility index (Phi) is 2.19. The fourth-order valence-electron chi connectivity index (χ4n) is 1.56. The molecular formula is C11H12P-. The zero-order valence-electron chi connectivity index (χ0n) is 7.25. The molecule has 0 aliphatic heterocycles. The van der Waals surface area contributed by atoms with Crippen molar-refractivity contribution in [2.45, 2.75) is 19.8 Å². The Morgan fingerprint density at radius 2 is 2.42 bits per heavy atom. The van der Waals surface area contributed by atoms with Crippen molar-refractivity contribution in [2.24, 2.45) is 0 Å². The average Bonchev–Trinajstić information content (AvgIpc) is 2.74. The average molecular weight is 175 g/mol. The molecule has 62 valence electrons. The fraction of sp³-hybridized carbons (Fsp3) is 0.273. The summed E-state index contributed by atoms with van der Waals surface area (Å²) < 4.78 is 0. The van der Waals surface area contributed by atoms with Crippen LogP contribution in [0.4, 0.5) is 0 Å². The van der Waals surface area contributed by atoms with Gasteiger partial charge in [-0.25, -0.2) is 5.80 Å². The van der Waals surface area contributed by atoms with Gasteiger partial charge in [0.1, 0.15) is 0 Å². The van der Waals surface area contributed by atoms with Crippen LogP contribution in [0.2, 0.25) is 0 Å². The Morgan fingerprint density at radius 3 is 3.08 bits per heavy atom. The van der Waals surface area contributed by atoms with Crippen molar-refractivity contribution in [1.29, 1.82) is 0 Å². The van der Waals surface area contributed by atoms with Gasteiger partial charge in [0.2, 0.25) is 0 Å². The maximum absolute atomic E-state index is 2.26. The first-order chi connectivity index (χ1) is 5.92. The van der Waals surface area contributed by atoms with E-state index in [-0.39, 0.29) is 0 Å². The Balaban J connectivity index is 2.33. The zero-order valence-corrected chi connectivity index (χ0v) is 8.14. The topological polar surface area (TPSA) is 0 Å². The van der Waals surface area contributed by atoms with Crippen molar-refractivity contribution in [1.82, 2.24) is 0 Å². The molecule has 0 bridgehead atoms. The maximum atomic E-state index is 2.26. The van der Waals surface area contributed by atoms with E-state index in [0.717, 1.165) is 12.8 Å². The van der Waals surface area contributed by atoms with Crippen molar-refractivity contribution in [3.05, 3.63) is 41.0 Å². The highest BCUT2D eigenvalue weighted by molar-refractivity contribution is 7.31. The molecule has 0 spiro atoms. The van der Waals surface area contributed by atoms with Gasteiger partial charge in [-0.15, -0.1) is 0 Å². The number of rotatable bonds is 2. The summed E-state index contributed by atoms with van der Waals surface area (Å²) in [5, 5.41) is 1.54. The van der Waals surface area contributed by atoms with E-state index in [0.29, 0.717) is 0 Å². The van der Waals surface area contributed by atoms with Gasteiger partial charge in [-0.05, 0) is 12.8 Å². The standard InChI is InChI=1S/C11H12P/c1-2-9-7-8-12-11(9)10-5-3-4-6-10/h3-5,7-8H,2,6H2,1H3/q-1. The summed E-state index contributed by atoms with van der Waals surface area (Å²) in [6.45, 7) is 2.23. The van der Waals surface area contributed by atoms with Crippen LogP contribution in [-0.4, -0.2) is 0 Å². The summed E-state index contributed by atoms with van der Waals surface area (Å²) in [6, 6.07) is 2.26. The molecule has 0 saturated heterocycles. The third-order valence-corrected chi connectivity index (χ3v) is 3.37.